The molecule has 1 fully saturated rings. The Labute approximate surface area is 128 Å². The number of nitrogens with zero attached hydrogens (tertiary/aromatic N) is 3. The minimum absolute atomic E-state index is 0.467. The monoisotopic (exact) mass is 292 g/mol. The summed E-state index contributed by atoms with van der Waals surface area (Å²) in [5, 5.41) is 3.12. The van der Waals surface area contributed by atoms with E-state index in [-0.39, 0.29) is 0 Å². The van der Waals surface area contributed by atoms with Crippen LogP contribution in [0.15, 0.2) is 6.07 Å². The van der Waals surface area contributed by atoms with Crippen LogP contribution in [-0.4, -0.2) is 36.7 Å². The van der Waals surface area contributed by atoms with Crippen molar-refractivity contribution in [3.8, 4) is 0 Å². The van der Waals surface area contributed by atoms with Crippen LogP contribution in [0.3, 0.4) is 0 Å². The molecule has 5 heteroatoms. The molecule has 1 aromatic heterocycles. The predicted octanol–water partition coefficient (Wildman–Crippen LogP) is 3.07. The molecule has 5 nitrogen and oxygen atoms in total. The van der Waals surface area contributed by atoms with Crippen molar-refractivity contribution in [2.24, 2.45) is 5.92 Å². The van der Waals surface area contributed by atoms with Crippen LogP contribution in [0.2, 0.25) is 0 Å². The molecule has 2 rings (SSSR count). The summed E-state index contributed by atoms with van der Waals surface area (Å²) in [6, 6.07) is 2.61. The average Bonchev–Trinajstić information content (AvgIpc) is 2.52. The molecule has 1 aliphatic rings. The first-order valence-corrected chi connectivity index (χ1v) is 8.00. The van der Waals surface area contributed by atoms with Crippen LogP contribution in [0.5, 0.6) is 0 Å². The Kier molecular flexibility index (Phi) is 5.79. The Morgan fingerprint density at radius 2 is 2.00 bits per heavy atom. The van der Waals surface area contributed by atoms with Gasteiger partial charge in [0.05, 0.1) is 0 Å². The van der Waals surface area contributed by atoms with Crippen LogP contribution >= 0.6 is 0 Å². The first kappa shape index (κ1) is 16.0. The lowest BCUT2D eigenvalue weighted by atomic mass is 9.87. The van der Waals surface area contributed by atoms with Gasteiger partial charge >= 0.3 is 0 Å². The largest absolute Gasteiger partial charge is 0.374 e. The topological polar surface area (TPSA) is 50.3 Å². The summed E-state index contributed by atoms with van der Waals surface area (Å²) >= 11 is 0. The number of nitrogens with one attached hydrogen (secondary N) is 1. The van der Waals surface area contributed by atoms with Crippen molar-refractivity contribution >= 4 is 11.6 Å². The Bertz CT molecular complexity index is 444. The molecule has 0 bridgehead atoms. The van der Waals surface area contributed by atoms with Crippen molar-refractivity contribution in [2.45, 2.75) is 52.2 Å². The molecular weight excluding hydrogens is 264 g/mol. The SMILES string of the molecule is CCOCc1nc(NC)cc(N(C)C2CCC(C)CC2)n1. The van der Waals surface area contributed by atoms with Crippen molar-refractivity contribution in [3.05, 3.63) is 11.9 Å². The van der Waals surface area contributed by atoms with Gasteiger partial charge in [0.25, 0.3) is 0 Å². The van der Waals surface area contributed by atoms with Crippen LogP contribution < -0.4 is 10.2 Å². The van der Waals surface area contributed by atoms with Gasteiger partial charge in [-0.2, -0.15) is 0 Å². The zero-order valence-electron chi connectivity index (χ0n) is 13.7. The number of aromatic nitrogens is 2. The number of anilines is 2. The van der Waals surface area contributed by atoms with E-state index in [2.05, 4.69) is 34.2 Å². The zero-order valence-corrected chi connectivity index (χ0v) is 13.7. The molecular formula is C16H28N4O. The Hall–Kier alpha value is -1.36. The molecule has 1 N–H and O–H groups in total. The average molecular weight is 292 g/mol. The lowest BCUT2D eigenvalue weighted by Gasteiger charge is -2.34. The summed E-state index contributed by atoms with van der Waals surface area (Å²) < 4.78 is 5.44. The van der Waals surface area contributed by atoms with Gasteiger partial charge in [0.1, 0.15) is 18.2 Å². The van der Waals surface area contributed by atoms with E-state index in [9.17, 15) is 0 Å². The Balaban J connectivity index is 2.13. The second-order valence-corrected chi connectivity index (χ2v) is 5.94. The highest BCUT2D eigenvalue weighted by atomic mass is 16.5. The molecule has 0 aliphatic heterocycles. The molecule has 0 aromatic carbocycles. The molecule has 1 saturated carbocycles. The van der Waals surface area contributed by atoms with E-state index >= 15 is 0 Å². The standard InChI is InChI=1S/C16H28N4O/c1-5-21-11-15-18-14(17-3)10-16(19-15)20(4)13-8-6-12(2)7-9-13/h10,12-13H,5-9,11H2,1-4H3,(H,17,18,19). The second-order valence-electron chi connectivity index (χ2n) is 5.94. The summed E-state index contributed by atoms with van der Waals surface area (Å²) in [4.78, 5) is 11.4. The molecule has 1 aliphatic carbocycles. The minimum atomic E-state index is 0.467. The van der Waals surface area contributed by atoms with Gasteiger partial charge < -0.3 is 15.0 Å². The van der Waals surface area contributed by atoms with E-state index < -0.39 is 0 Å². The molecule has 1 aromatic rings. The van der Waals surface area contributed by atoms with Crippen LogP contribution in [0, 0.1) is 5.92 Å². The maximum Gasteiger partial charge on any atom is 0.158 e. The Morgan fingerprint density at radius 3 is 2.62 bits per heavy atom. The van der Waals surface area contributed by atoms with Gasteiger partial charge in [-0.15, -0.1) is 0 Å². The normalized spacial score (nSPS) is 22.1. The van der Waals surface area contributed by atoms with E-state index in [1.165, 1.54) is 25.7 Å². The van der Waals surface area contributed by atoms with E-state index in [1.807, 2.05) is 20.0 Å². The van der Waals surface area contributed by atoms with Crippen molar-refractivity contribution in [1.82, 2.24) is 9.97 Å². The number of ether oxygens (including phenoxy) is 1. The van der Waals surface area contributed by atoms with Crippen LogP contribution in [0.1, 0.15) is 45.4 Å². The van der Waals surface area contributed by atoms with Crippen LogP contribution in [-0.2, 0) is 11.3 Å². The lowest BCUT2D eigenvalue weighted by Crippen LogP contribution is -2.35. The molecule has 0 radical (unpaired) electrons. The van der Waals surface area contributed by atoms with E-state index in [0.717, 1.165) is 23.4 Å². The van der Waals surface area contributed by atoms with Crippen molar-refractivity contribution in [2.75, 3.05) is 30.9 Å². The highest BCUT2D eigenvalue weighted by Crippen LogP contribution is 2.29. The molecule has 1 heterocycles. The first-order valence-electron chi connectivity index (χ1n) is 8.00. The van der Waals surface area contributed by atoms with E-state index in [4.69, 9.17) is 4.74 Å². The molecule has 0 spiro atoms. The van der Waals surface area contributed by atoms with Crippen LogP contribution in [0.25, 0.3) is 0 Å². The molecule has 0 unspecified atom stereocenters. The third-order valence-electron chi connectivity index (χ3n) is 4.34. The fourth-order valence-corrected chi connectivity index (χ4v) is 2.87. The highest BCUT2D eigenvalue weighted by Gasteiger charge is 2.23. The zero-order chi connectivity index (χ0) is 15.2. The Morgan fingerprint density at radius 1 is 1.29 bits per heavy atom. The smallest absolute Gasteiger partial charge is 0.158 e. The third-order valence-corrected chi connectivity index (χ3v) is 4.34. The van der Waals surface area contributed by atoms with Gasteiger partial charge in [-0.3, -0.25) is 0 Å². The third kappa shape index (κ3) is 4.30. The van der Waals surface area contributed by atoms with Crippen molar-refractivity contribution in [1.29, 1.82) is 0 Å². The molecule has 0 amide bonds. The summed E-state index contributed by atoms with van der Waals surface area (Å²) in [7, 11) is 4.03. The van der Waals surface area contributed by atoms with E-state index in [1.54, 1.807) is 0 Å². The van der Waals surface area contributed by atoms with Gasteiger partial charge in [-0.1, -0.05) is 6.92 Å². The first-order chi connectivity index (χ1) is 10.1. The number of hydrogen-bond donors (Lipinski definition) is 1. The van der Waals surface area contributed by atoms with Crippen molar-refractivity contribution < 1.29 is 4.74 Å². The lowest BCUT2D eigenvalue weighted by molar-refractivity contribution is 0.128. The van der Waals surface area contributed by atoms with Gasteiger partial charge in [-0.25, -0.2) is 9.97 Å². The summed E-state index contributed by atoms with van der Waals surface area (Å²) in [5.41, 5.74) is 0. The maximum atomic E-state index is 5.44. The summed E-state index contributed by atoms with van der Waals surface area (Å²) in [6.45, 7) is 5.48. The van der Waals surface area contributed by atoms with Gasteiger partial charge in [-0.05, 0) is 38.5 Å². The second kappa shape index (κ2) is 7.59. The fraction of sp³-hybridized carbons (Fsp3) is 0.750. The molecule has 21 heavy (non-hydrogen) atoms. The summed E-state index contributed by atoms with van der Waals surface area (Å²) in [6.07, 6.45) is 5.12. The van der Waals surface area contributed by atoms with E-state index in [0.29, 0.717) is 19.3 Å². The maximum absolute atomic E-state index is 5.44. The minimum Gasteiger partial charge on any atom is -0.374 e. The predicted molar refractivity (Wildman–Crippen MR) is 86.7 cm³/mol. The molecule has 0 saturated heterocycles. The molecule has 0 atom stereocenters. The number of rotatable bonds is 6. The van der Waals surface area contributed by atoms with Gasteiger partial charge in [0.15, 0.2) is 5.82 Å². The number of hydrogen-bond acceptors (Lipinski definition) is 5. The highest BCUT2D eigenvalue weighted by molar-refractivity contribution is 5.49. The quantitative estimate of drug-likeness (QED) is 0.873. The van der Waals surface area contributed by atoms with Crippen LogP contribution in [0.4, 0.5) is 11.6 Å². The summed E-state index contributed by atoms with van der Waals surface area (Å²) in [5.74, 6) is 3.45. The van der Waals surface area contributed by atoms with Gasteiger partial charge in [0, 0.05) is 32.8 Å². The van der Waals surface area contributed by atoms with Crippen molar-refractivity contribution in [3.63, 3.8) is 0 Å². The molecule has 118 valence electrons. The van der Waals surface area contributed by atoms with Gasteiger partial charge in [0.2, 0.25) is 0 Å². The fourth-order valence-electron chi connectivity index (χ4n) is 2.87.